The van der Waals surface area contributed by atoms with E-state index in [1.807, 2.05) is 4.90 Å². The lowest BCUT2D eigenvalue weighted by atomic mass is 9.77. The highest BCUT2D eigenvalue weighted by atomic mass is 16.2. The standard InChI is InChI=1S/C11H19N3O2/c1-13(2)10(16)14-7-4-11(5-8-14)3-6-12-9(11)15/h3-8H2,1-2H3,(H,12,15). The fourth-order valence-electron chi connectivity index (χ4n) is 2.60. The van der Waals surface area contributed by atoms with Gasteiger partial charge in [0.25, 0.3) is 0 Å². The first-order valence-corrected chi connectivity index (χ1v) is 5.80. The quantitative estimate of drug-likeness (QED) is 0.643. The molecule has 90 valence electrons. The van der Waals surface area contributed by atoms with E-state index in [9.17, 15) is 9.59 Å². The van der Waals surface area contributed by atoms with Crippen molar-refractivity contribution in [3.05, 3.63) is 0 Å². The first-order valence-electron chi connectivity index (χ1n) is 5.80. The summed E-state index contributed by atoms with van der Waals surface area (Å²) in [6.07, 6.45) is 2.53. The second-order valence-corrected chi connectivity index (χ2v) is 4.95. The summed E-state index contributed by atoms with van der Waals surface area (Å²) < 4.78 is 0. The summed E-state index contributed by atoms with van der Waals surface area (Å²) in [5.41, 5.74) is -0.177. The topological polar surface area (TPSA) is 52.7 Å². The van der Waals surface area contributed by atoms with Gasteiger partial charge in [-0.1, -0.05) is 0 Å². The van der Waals surface area contributed by atoms with Gasteiger partial charge >= 0.3 is 6.03 Å². The van der Waals surface area contributed by atoms with E-state index in [0.717, 1.165) is 25.8 Å². The summed E-state index contributed by atoms with van der Waals surface area (Å²) in [7, 11) is 3.52. The van der Waals surface area contributed by atoms with Crippen molar-refractivity contribution in [3.63, 3.8) is 0 Å². The van der Waals surface area contributed by atoms with Crippen molar-refractivity contribution < 1.29 is 9.59 Å². The lowest BCUT2D eigenvalue weighted by molar-refractivity contribution is -0.129. The fourth-order valence-corrected chi connectivity index (χ4v) is 2.60. The molecule has 0 atom stereocenters. The molecule has 16 heavy (non-hydrogen) atoms. The molecule has 2 heterocycles. The molecule has 2 rings (SSSR count). The Bertz CT molecular complexity index is 306. The molecule has 0 saturated carbocycles. The van der Waals surface area contributed by atoms with Crippen LogP contribution in [0.3, 0.4) is 0 Å². The molecular formula is C11H19N3O2. The number of rotatable bonds is 0. The first-order chi connectivity index (χ1) is 7.55. The van der Waals surface area contributed by atoms with Gasteiger partial charge in [0, 0.05) is 33.7 Å². The van der Waals surface area contributed by atoms with E-state index in [0.29, 0.717) is 13.1 Å². The fraction of sp³-hybridized carbons (Fsp3) is 0.818. The number of hydrogen-bond donors (Lipinski definition) is 1. The highest BCUT2D eigenvalue weighted by Crippen LogP contribution is 2.37. The van der Waals surface area contributed by atoms with Crippen LogP contribution in [0.15, 0.2) is 0 Å². The van der Waals surface area contributed by atoms with Gasteiger partial charge in [0.1, 0.15) is 0 Å². The summed E-state index contributed by atoms with van der Waals surface area (Å²) in [5.74, 6) is 0.185. The molecule has 0 aromatic rings. The Labute approximate surface area is 95.8 Å². The van der Waals surface area contributed by atoms with Crippen LogP contribution in [0.1, 0.15) is 19.3 Å². The van der Waals surface area contributed by atoms with E-state index in [1.165, 1.54) is 0 Å². The van der Waals surface area contributed by atoms with E-state index in [-0.39, 0.29) is 17.4 Å². The molecule has 2 aliphatic heterocycles. The number of nitrogens with zero attached hydrogens (tertiary/aromatic N) is 2. The van der Waals surface area contributed by atoms with E-state index in [2.05, 4.69) is 5.32 Å². The largest absolute Gasteiger partial charge is 0.356 e. The molecule has 3 amide bonds. The van der Waals surface area contributed by atoms with Crippen LogP contribution in [-0.4, -0.2) is 55.5 Å². The van der Waals surface area contributed by atoms with Crippen LogP contribution in [0.5, 0.6) is 0 Å². The van der Waals surface area contributed by atoms with E-state index < -0.39 is 0 Å². The minimum Gasteiger partial charge on any atom is -0.356 e. The molecule has 1 N–H and O–H groups in total. The number of nitrogens with one attached hydrogen (secondary N) is 1. The van der Waals surface area contributed by atoms with Crippen molar-refractivity contribution in [2.75, 3.05) is 33.7 Å². The average Bonchev–Trinajstić information content (AvgIpc) is 2.61. The third-order valence-electron chi connectivity index (χ3n) is 3.74. The van der Waals surface area contributed by atoms with Crippen LogP contribution in [0, 0.1) is 5.41 Å². The summed E-state index contributed by atoms with van der Waals surface area (Å²) in [4.78, 5) is 26.9. The molecule has 5 heteroatoms. The average molecular weight is 225 g/mol. The number of carbonyl (C=O) groups excluding carboxylic acids is 2. The van der Waals surface area contributed by atoms with Crippen LogP contribution >= 0.6 is 0 Å². The van der Waals surface area contributed by atoms with Crippen molar-refractivity contribution in [1.29, 1.82) is 0 Å². The van der Waals surface area contributed by atoms with Gasteiger partial charge in [-0.15, -0.1) is 0 Å². The van der Waals surface area contributed by atoms with E-state index in [1.54, 1.807) is 19.0 Å². The van der Waals surface area contributed by atoms with E-state index >= 15 is 0 Å². The van der Waals surface area contributed by atoms with Crippen molar-refractivity contribution in [1.82, 2.24) is 15.1 Å². The number of likely N-dealkylation sites (tertiary alicyclic amines) is 1. The summed E-state index contributed by atoms with van der Waals surface area (Å²) in [5, 5.41) is 2.89. The molecule has 0 bridgehead atoms. The zero-order valence-corrected chi connectivity index (χ0v) is 9.95. The number of hydrogen-bond acceptors (Lipinski definition) is 2. The monoisotopic (exact) mass is 225 g/mol. The lowest BCUT2D eigenvalue weighted by Crippen LogP contribution is -2.48. The Morgan fingerprint density at radius 2 is 1.94 bits per heavy atom. The zero-order chi connectivity index (χ0) is 11.8. The highest BCUT2D eigenvalue weighted by molar-refractivity contribution is 5.85. The highest BCUT2D eigenvalue weighted by Gasteiger charge is 2.45. The minimum absolute atomic E-state index is 0.0493. The molecule has 0 aromatic heterocycles. The van der Waals surface area contributed by atoms with Crippen LogP contribution < -0.4 is 5.32 Å². The number of amides is 3. The Balaban J connectivity index is 1.97. The Morgan fingerprint density at radius 1 is 1.31 bits per heavy atom. The van der Waals surface area contributed by atoms with Crippen LogP contribution in [-0.2, 0) is 4.79 Å². The maximum atomic E-state index is 11.7. The smallest absolute Gasteiger partial charge is 0.319 e. The second kappa shape index (κ2) is 3.96. The van der Waals surface area contributed by atoms with Gasteiger partial charge in [-0.05, 0) is 19.3 Å². The van der Waals surface area contributed by atoms with E-state index in [4.69, 9.17) is 0 Å². The third kappa shape index (κ3) is 1.74. The van der Waals surface area contributed by atoms with Gasteiger partial charge in [0.15, 0.2) is 0 Å². The molecule has 2 aliphatic rings. The van der Waals surface area contributed by atoms with Crippen molar-refractivity contribution >= 4 is 11.9 Å². The summed E-state index contributed by atoms with van der Waals surface area (Å²) in [6.45, 7) is 2.19. The van der Waals surface area contributed by atoms with Gasteiger partial charge in [-0.2, -0.15) is 0 Å². The van der Waals surface area contributed by atoms with Gasteiger partial charge in [-0.3, -0.25) is 4.79 Å². The predicted molar refractivity (Wildman–Crippen MR) is 59.9 cm³/mol. The van der Waals surface area contributed by atoms with Gasteiger partial charge in [0.2, 0.25) is 5.91 Å². The molecule has 1 spiro atoms. The van der Waals surface area contributed by atoms with Crippen LogP contribution in [0.2, 0.25) is 0 Å². The molecular weight excluding hydrogens is 206 g/mol. The molecule has 2 saturated heterocycles. The summed E-state index contributed by atoms with van der Waals surface area (Å²) in [6, 6.07) is 0.0493. The Hall–Kier alpha value is -1.26. The third-order valence-corrected chi connectivity index (χ3v) is 3.74. The van der Waals surface area contributed by atoms with Gasteiger partial charge < -0.3 is 15.1 Å². The van der Waals surface area contributed by atoms with Crippen molar-refractivity contribution in [3.8, 4) is 0 Å². The maximum absolute atomic E-state index is 11.7. The molecule has 0 aromatic carbocycles. The van der Waals surface area contributed by atoms with Gasteiger partial charge in [0.05, 0.1) is 5.41 Å². The number of carbonyl (C=O) groups is 2. The molecule has 0 unspecified atom stereocenters. The Morgan fingerprint density at radius 3 is 2.38 bits per heavy atom. The van der Waals surface area contributed by atoms with Crippen LogP contribution in [0.4, 0.5) is 4.79 Å². The molecule has 2 fully saturated rings. The zero-order valence-electron chi connectivity index (χ0n) is 9.95. The molecule has 0 radical (unpaired) electrons. The van der Waals surface area contributed by atoms with Crippen molar-refractivity contribution in [2.24, 2.45) is 5.41 Å². The van der Waals surface area contributed by atoms with Crippen molar-refractivity contribution in [2.45, 2.75) is 19.3 Å². The normalized spacial score (nSPS) is 23.4. The van der Waals surface area contributed by atoms with Gasteiger partial charge in [-0.25, -0.2) is 4.79 Å². The SMILES string of the molecule is CN(C)C(=O)N1CCC2(CCNC2=O)CC1. The van der Waals surface area contributed by atoms with Crippen LogP contribution in [0.25, 0.3) is 0 Å². The molecule has 0 aliphatic carbocycles. The number of piperidine rings is 1. The predicted octanol–water partition coefficient (Wildman–Crippen LogP) is 0.270. The number of urea groups is 1. The minimum atomic E-state index is -0.177. The molecule has 5 nitrogen and oxygen atoms in total. The lowest BCUT2D eigenvalue weighted by Gasteiger charge is -2.38. The maximum Gasteiger partial charge on any atom is 0.319 e. The Kier molecular flexibility index (Phi) is 2.78. The first kappa shape index (κ1) is 11.2. The second-order valence-electron chi connectivity index (χ2n) is 4.95. The summed E-state index contributed by atoms with van der Waals surface area (Å²) >= 11 is 0.